The molecule has 90 valence electrons. The molecule has 5 nitrogen and oxygen atoms in total. The number of rotatable bonds is 3. The Morgan fingerprint density at radius 3 is 2.72 bits per heavy atom. The number of nitrogens with zero attached hydrogens (tertiary/aromatic N) is 3. The number of pyridine rings is 1. The molecule has 0 aliphatic rings. The van der Waals surface area contributed by atoms with Crippen molar-refractivity contribution in [3.63, 3.8) is 0 Å². The molecule has 0 radical (unpaired) electrons. The summed E-state index contributed by atoms with van der Waals surface area (Å²) in [4.78, 5) is 14.2. The normalized spacial score (nSPS) is 11.3. The zero-order valence-electron chi connectivity index (χ0n) is 9.85. The maximum atomic E-state index is 13.5. The summed E-state index contributed by atoms with van der Waals surface area (Å²) in [5.74, 6) is -1.51. The molecule has 8 heteroatoms. The standard InChI is InChI=1S/C10H9F2N3O2.Na/c1-2-10(11,12)15-8-3-7(9(16)17)13-4-6(8)5-14-15;/h3-5H,2H2,1H3,(H,16,17);/q;+1/p-1. The maximum absolute atomic E-state index is 13.5. The summed E-state index contributed by atoms with van der Waals surface area (Å²) in [6, 6.07) is -2.13. The molecule has 0 amide bonds. The number of alkyl halides is 2. The zero-order chi connectivity index (χ0) is 12.6. The van der Waals surface area contributed by atoms with E-state index in [1.165, 1.54) is 19.3 Å². The van der Waals surface area contributed by atoms with Crippen molar-refractivity contribution in [2.45, 2.75) is 19.4 Å². The van der Waals surface area contributed by atoms with Gasteiger partial charge in [-0.25, -0.2) is 4.68 Å². The molecule has 2 rings (SSSR count). The van der Waals surface area contributed by atoms with E-state index in [0.29, 0.717) is 10.1 Å². The van der Waals surface area contributed by atoms with E-state index in [-0.39, 0.29) is 35.1 Å². The Morgan fingerprint density at radius 1 is 1.50 bits per heavy atom. The largest absolute Gasteiger partial charge is 1.00 e. The first-order valence-electron chi connectivity index (χ1n) is 4.89. The molecule has 0 atom stereocenters. The number of aromatic nitrogens is 3. The van der Waals surface area contributed by atoms with Gasteiger partial charge in [0.05, 0.1) is 23.4 Å². The van der Waals surface area contributed by atoms with Gasteiger partial charge in [-0.15, -0.1) is 0 Å². The van der Waals surface area contributed by atoms with Crippen molar-refractivity contribution < 1.29 is 48.2 Å². The molecule has 0 bridgehead atoms. The molecule has 0 spiro atoms. The topological polar surface area (TPSA) is 70.8 Å². The fraction of sp³-hybridized carbons (Fsp3) is 0.300. The third-order valence-electron chi connectivity index (χ3n) is 2.40. The Balaban J connectivity index is 0.00000162. The van der Waals surface area contributed by atoms with E-state index in [4.69, 9.17) is 0 Å². The van der Waals surface area contributed by atoms with Crippen LogP contribution in [0.1, 0.15) is 23.8 Å². The number of carboxylic acid groups (broad SMARTS) is 1. The van der Waals surface area contributed by atoms with Crippen LogP contribution in [-0.4, -0.2) is 20.7 Å². The van der Waals surface area contributed by atoms with E-state index >= 15 is 0 Å². The zero-order valence-corrected chi connectivity index (χ0v) is 11.9. The molecule has 0 unspecified atom stereocenters. The molecule has 0 aromatic carbocycles. The minimum atomic E-state index is -3.16. The number of fused-ring (bicyclic) bond motifs is 1. The predicted molar refractivity (Wildman–Crippen MR) is 52.3 cm³/mol. The number of carbonyl (C=O) groups excluding carboxylic acids is 1. The molecule has 0 fully saturated rings. The summed E-state index contributed by atoms with van der Waals surface area (Å²) < 4.78 is 27.5. The van der Waals surface area contributed by atoms with Gasteiger partial charge in [0.1, 0.15) is 0 Å². The minimum Gasteiger partial charge on any atom is -0.543 e. The average molecular weight is 263 g/mol. The van der Waals surface area contributed by atoms with Gasteiger partial charge in [-0.3, -0.25) is 4.98 Å². The number of halogens is 2. The van der Waals surface area contributed by atoms with Crippen LogP contribution in [0.2, 0.25) is 0 Å². The molecule has 2 aromatic heterocycles. The van der Waals surface area contributed by atoms with Gasteiger partial charge in [-0.05, 0) is 6.07 Å². The summed E-state index contributed by atoms with van der Waals surface area (Å²) in [6.45, 7) is 1.31. The van der Waals surface area contributed by atoms with E-state index in [9.17, 15) is 18.7 Å². The SMILES string of the molecule is CCC(F)(F)n1ncc2cnc(C(=O)[O-])cc21.[Na+]. The van der Waals surface area contributed by atoms with Crippen LogP contribution in [0, 0.1) is 0 Å². The quantitative estimate of drug-likeness (QED) is 0.587. The molecule has 0 aliphatic carbocycles. The van der Waals surface area contributed by atoms with Crippen molar-refractivity contribution >= 4 is 16.9 Å². The summed E-state index contributed by atoms with van der Waals surface area (Å²) in [5, 5.41) is 14.5. The summed E-state index contributed by atoms with van der Waals surface area (Å²) in [6.07, 6.45) is 1.95. The number of aromatic carboxylic acids is 1. The van der Waals surface area contributed by atoms with Gasteiger partial charge in [0, 0.05) is 18.0 Å². The van der Waals surface area contributed by atoms with Gasteiger partial charge < -0.3 is 9.90 Å². The van der Waals surface area contributed by atoms with Crippen LogP contribution in [0.15, 0.2) is 18.5 Å². The molecule has 0 N–H and O–H groups in total. The summed E-state index contributed by atoms with van der Waals surface area (Å²) in [7, 11) is 0. The number of carbonyl (C=O) groups is 1. The van der Waals surface area contributed by atoms with Crippen molar-refractivity contribution in [3.05, 3.63) is 24.2 Å². The van der Waals surface area contributed by atoms with E-state index in [2.05, 4.69) is 10.1 Å². The van der Waals surface area contributed by atoms with E-state index in [1.54, 1.807) is 0 Å². The van der Waals surface area contributed by atoms with E-state index < -0.39 is 24.1 Å². The molecule has 18 heavy (non-hydrogen) atoms. The molecular weight excluding hydrogens is 255 g/mol. The number of carboxylic acids is 1. The first-order chi connectivity index (χ1) is 7.95. The molecule has 2 aromatic rings. The maximum Gasteiger partial charge on any atom is 1.00 e. The molecule has 0 saturated heterocycles. The number of hydrogen-bond acceptors (Lipinski definition) is 4. The van der Waals surface area contributed by atoms with Crippen LogP contribution in [0.25, 0.3) is 10.9 Å². The van der Waals surface area contributed by atoms with Gasteiger partial charge in [-0.2, -0.15) is 13.9 Å². The molecule has 0 aliphatic heterocycles. The average Bonchev–Trinajstić information content (AvgIpc) is 2.72. The predicted octanol–water partition coefficient (Wildman–Crippen LogP) is -2.24. The summed E-state index contributed by atoms with van der Waals surface area (Å²) in [5.41, 5.74) is -0.378. The van der Waals surface area contributed by atoms with Crippen LogP contribution < -0.4 is 34.7 Å². The number of hydrogen-bond donors (Lipinski definition) is 0. The van der Waals surface area contributed by atoms with Gasteiger partial charge >= 0.3 is 35.6 Å². The second kappa shape index (κ2) is 5.29. The van der Waals surface area contributed by atoms with Gasteiger partial charge in [0.15, 0.2) is 0 Å². The van der Waals surface area contributed by atoms with Gasteiger partial charge in [0.2, 0.25) is 0 Å². The molecule has 2 heterocycles. The Hall–Kier alpha value is -1.05. The van der Waals surface area contributed by atoms with Crippen molar-refractivity contribution in [1.82, 2.24) is 14.8 Å². The summed E-state index contributed by atoms with van der Waals surface area (Å²) >= 11 is 0. The monoisotopic (exact) mass is 263 g/mol. The van der Waals surface area contributed by atoms with Crippen LogP contribution in [0.3, 0.4) is 0 Å². The Morgan fingerprint density at radius 2 is 2.17 bits per heavy atom. The first-order valence-corrected chi connectivity index (χ1v) is 4.89. The minimum absolute atomic E-state index is 0. The van der Waals surface area contributed by atoms with E-state index in [1.807, 2.05) is 0 Å². The Bertz CT molecular complexity index is 586. The molecule has 0 saturated carbocycles. The van der Waals surface area contributed by atoms with Gasteiger partial charge in [0.25, 0.3) is 0 Å². The second-order valence-electron chi connectivity index (χ2n) is 3.49. The first kappa shape index (κ1) is 15.0. The van der Waals surface area contributed by atoms with Crippen molar-refractivity contribution in [2.24, 2.45) is 0 Å². The van der Waals surface area contributed by atoms with Gasteiger partial charge in [-0.1, -0.05) is 6.92 Å². The van der Waals surface area contributed by atoms with Crippen LogP contribution >= 0.6 is 0 Å². The van der Waals surface area contributed by atoms with Crippen LogP contribution in [0.5, 0.6) is 0 Å². The van der Waals surface area contributed by atoms with Crippen molar-refractivity contribution in [3.8, 4) is 0 Å². The van der Waals surface area contributed by atoms with Crippen molar-refractivity contribution in [2.75, 3.05) is 0 Å². The third kappa shape index (κ3) is 2.52. The Kier molecular flexibility index (Phi) is 4.41. The fourth-order valence-corrected chi connectivity index (χ4v) is 1.44. The Labute approximate surface area is 123 Å². The molecular formula is C10H8F2N3NaO2. The van der Waals surface area contributed by atoms with Crippen molar-refractivity contribution in [1.29, 1.82) is 0 Å². The fourth-order valence-electron chi connectivity index (χ4n) is 1.44. The second-order valence-corrected chi connectivity index (χ2v) is 3.49. The van der Waals surface area contributed by atoms with E-state index in [0.717, 1.165) is 6.07 Å². The smallest absolute Gasteiger partial charge is 0.543 e. The third-order valence-corrected chi connectivity index (χ3v) is 2.40. The van der Waals surface area contributed by atoms with Crippen LogP contribution in [0.4, 0.5) is 8.78 Å². The van der Waals surface area contributed by atoms with Crippen LogP contribution in [-0.2, 0) is 6.05 Å².